The SMILES string of the molecule is C=CC(CC/C=C/CC(C(C)=O)C(=O)OC)C(C(C)=O)C(=O)OC. The number of Topliss-reactive ketones (excluding diaryl/α,β-unsaturated/α-hetero) is 2. The molecule has 0 radical (unpaired) electrons. The molecule has 6 heteroatoms. The van der Waals surface area contributed by atoms with Crippen molar-refractivity contribution in [2.24, 2.45) is 17.8 Å². The number of hydrogen-bond donors (Lipinski definition) is 0. The lowest BCUT2D eigenvalue weighted by Crippen LogP contribution is -2.30. The zero-order valence-corrected chi connectivity index (χ0v) is 14.7. The molecule has 0 aliphatic carbocycles. The number of carbonyl (C=O) groups is 4. The van der Waals surface area contributed by atoms with Crippen LogP contribution in [-0.2, 0) is 28.7 Å². The Kier molecular flexibility index (Phi) is 10.3. The number of methoxy groups -OCH3 is 2. The van der Waals surface area contributed by atoms with E-state index >= 15 is 0 Å². The van der Waals surface area contributed by atoms with Crippen LogP contribution in [0.1, 0.15) is 33.1 Å². The van der Waals surface area contributed by atoms with Gasteiger partial charge in [-0.25, -0.2) is 0 Å². The number of hydrogen-bond acceptors (Lipinski definition) is 6. The van der Waals surface area contributed by atoms with Gasteiger partial charge < -0.3 is 9.47 Å². The molecule has 6 nitrogen and oxygen atoms in total. The summed E-state index contributed by atoms with van der Waals surface area (Å²) in [5.41, 5.74) is 0. The van der Waals surface area contributed by atoms with Crippen LogP contribution in [-0.4, -0.2) is 37.7 Å². The molecule has 0 aromatic rings. The number of ether oxygens (including phenoxy) is 2. The summed E-state index contributed by atoms with van der Waals surface area (Å²) in [4.78, 5) is 46.2. The summed E-state index contributed by atoms with van der Waals surface area (Å²) in [5, 5.41) is 0. The van der Waals surface area contributed by atoms with Crippen LogP contribution in [0.25, 0.3) is 0 Å². The molecule has 0 rings (SSSR count). The molecule has 0 spiro atoms. The van der Waals surface area contributed by atoms with Gasteiger partial charge in [0.1, 0.15) is 23.4 Å². The molecule has 134 valence electrons. The number of ketones is 2. The van der Waals surface area contributed by atoms with E-state index in [4.69, 9.17) is 0 Å². The summed E-state index contributed by atoms with van der Waals surface area (Å²) in [5.74, 6) is -3.64. The highest BCUT2D eigenvalue weighted by atomic mass is 16.5. The molecule has 0 saturated heterocycles. The molecule has 0 aromatic carbocycles. The predicted molar refractivity (Wildman–Crippen MR) is 89.1 cm³/mol. The van der Waals surface area contributed by atoms with E-state index in [2.05, 4.69) is 16.1 Å². The Morgan fingerprint density at radius 2 is 1.54 bits per heavy atom. The third kappa shape index (κ3) is 6.89. The Bertz CT molecular complexity index is 506. The molecule has 0 bridgehead atoms. The Morgan fingerprint density at radius 3 is 1.96 bits per heavy atom. The van der Waals surface area contributed by atoms with E-state index in [9.17, 15) is 19.2 Å². The monoisotopic (exact) mass is 338 g/mol. The van der Waals surface area contributed by atoms with Crippen LogP contribution in [0.5, 0.6) is 0 Å². The largest absolute Gasteiger partial charge is 0.468 e. The van der Waals surface area contributed by atoms with E-state index in [0.29, 0.717) is 12.8 Å². The van der Waals surface area contributed by atoms with Crippen molar-refractivity contribution in [3.63, 3.8) is 0 Å². The average molecular weight is 338 g/mol. The molecule has 0 amide bonds. The van der Waals surface area contributed by atoms with Gasteiger partial charge in [0, 0.05) is 0 Å². The Balaban J connectivity index is 4.67. The molecule has 0 aliphatic rings. The van der Waals surface area contributed by atoms with Crippen LogP contribution in [0.4, 0.5) is 0 Å². The van der Waals surface area contributed by atoms with Crippen molar-refractivity contribution in [3.05, 3.63) is 24.8 Å². The Labute approximate surface area is 142 Å². The topological polar surface area (TPSA) is 86.7 Å². The van der Waals surface area contributed by atoms with Gasteiger partial charge in [-0.15, -0.1) is 6.58 Å². The van der Waals surface area contributed by atoms with Crippen LogP contribution < -0.4 is 0 Å². The Hall–Kier alpha value is -2.24. The first-order valence-corrected chi connectivity index (χ1v) is 7.74. The summed E-state index contributed by atoms with van der Waals surface area (Å²) >= 11 is 0. The maximum absolute atomic E-state index is 11.7. The van der Waals surface area contributed by atoms with Gasteiger partial charge in [0.15, 0.2) is 0 Å². The highest BCUT2D eigenvalue weighted by Crippen LogP contribution is 2.22. The number of allylic oxidation sites excluding steroid dienone is 3. The predicted octanol–water partition coefficient (Wildman–Crippen LogP) is 2.27. The van der Waals surface area contributed by atoms with Gasteiger partial charge in [-0.05, 0) is 39.0 Å². The van der Waals surface area contributed by atoms with Gasteiger partial charge in [0.2, 0.25) is 0 Å². The zero-order chi connectivity index (χ0) is 18.7. The highest BCUT2D eigenvalue weighted by Gasteiger charge is 2.30. The summed E-state index contributed by atoms with van der Waals surface area (Å²) in [7, 11) is 2.48. The third-order valence-electron chi connectivity index (χ3n) is 3.81. The van der Waals surface area contributed by atoms with E-state index in [-0.39, 0.29) is 23.9 Å². The second-order valence-electron chi connectivity index (χ2n) is 5.48. The van der Waals surface area contributed by atoms with Gasteiger partial charge in [0.25, 0.3) is 0 Å². The molecule has 0 N–H and O–H groups in total. The molecule has 3 unspecified atom stereocenters. The van der Waals surface area contributed by atoms with E-state index in [1.54, 1.807) is 12.2 Å². The number of rotatable bonds is 11. The lowest BCUT2D eigenvalue weighted by atomic mass is 9.85. The Morgan fingerprint density at radius 1 is 0.958 bits per heavy atom. The second-order valence-corrected chi connectivity index (χ2v) is 5.48. The van der Waals surface area contributed by atoms with E-state index in [1.807, 2.05) is 6.08 Å². The maximum Gasteiger partial charge on any atom is 0.316 e. The van der Waals surface area contributed by atoms with Crippen molar-refractivity contribution in [2.75, 3.05) is 14.2 Å². The smallest absolute Gasteiger partial charge is 0.316 e. The fourth-order valence-electron chi connectivity index (χ4n) is 2.40. The van der Waals surface area contributed by atoms with Crippen molar-refractivity contribution < 1.29 is 28.7 Å². The molecule has 24 heavy (non-hydrogen) atoms. The summed E-state index contributed by atoms with van der Waals surface area (Å²) < 4.78 is 9.25. The summed E-state index contributed by atoms with van der Waals surface area (Å²) in [6.45, 7) is 6.37. The van der Waals surface area contributed by atoms with Gasteiger partial charge in [-0.2, -0.15) is 0 Å². The molecular formula is C18H26O6. The minimum Gasteiger partial charge on any atom is -0.468 e. The summed E-state index contributed by atoms with van der Waals surface area (Å²) in [6, 6.07) is 0. The first-order chi connectivity index (χ1) is 11.3. The third-order valence-corrected chi connectivity index (χ3v) is 3.81. The van der Waals surface area contributed by atoms with Gasteiger partial charge >= 0.3 is 11.9 Å². The number of esters is 2. The lowest BCUT2D eigenvalue weighted by Gasteiger charge is -2.19. The van der Waals surface area contributed by atoms with Crippen LogP contribution in [0.15, 0.2) is 24.8 Å². The minimum absolute atomic E-state index is 0.252. The quantitative estimate of drug-likeness (QED) is 0.326. The van der Waals surface area contributed by atoms with Crippen LogP contribution in [0.3, 0.4) is 0 Å². The van der Waals surface area contributed by atoms with Gasteiger partial charge in [0.05, 0.1) is 14.2 Å². The minimum atomic E-state index is -0.860. The van der Waals surface area contributed by atoms with E-state index in [1.165, 1.54) is 28.1 Å². The van der Waals surface area contributed by atoms with Crippen molar-refractivity contribution in [3.8, 4) is 0 Å². The van der Waals surface area contributed by atoms with Crippen molar-refractivity contribution >= 4 is 23.5 Å². The summed E-state index contributed by atoms with van der Waals surface area (Å²) in [6.07, 6.45) is 6.47. The molecular weight excluding hydrogens is 312 g/mol. The molecule has 3 atom stereocenters. The molecule has 0 heterocycles. The van der Waals surface area contributed by atoms with Crippen LogP contribution in [0, 0.1) is 17.8 Å². The second kappa shape index (κ2) is 11.3. The molecule has 0 aliphatic heterocycles. The molecule has 0 fully saturated rings. The van der Waals surface area contributed by atoms with E-state index in [0.717, 1.165) is 0 Å². The van der Waals surface area contributed by atoms with Crippen molar-refractivity contribution in [1.82, 2.24) is 0 Å². The van der Waals surface area contributed by atoms with E-state index < -0.39 is 23.8 Å². The van der Waals surface area contributed by atoms with Crippen LogP contribution >= 0.6 is 0 Å². The average Bonchev–Trinajstić information content (AvgIpc) is 2.54. The lowest BCUT2D eigenvalue weighted by molar-refractivity contribution is -0.151. The van der Waals surface area contributed by atoms with Gasteiger partial charge in [-0.3, -0.25) is 19.2 Å². The fourth-order valence-corrected chi connectivity index (χ4v) is 2.40. The molecule has 0 aromatic heterocycles. The molecule has 0 saturated carbocycles. The van der Waals surface area contributed by atoms with Crippen molar-refractivity contribution in [1.29, 1.82) is 0 Å². The van der Waals surface area contributed by atoms with Crippen LogP contribution in [0.2, 0.25) is 0 Å². The highest BCUT2D eigenvalue weighted by molar-refractivity contribution is 5.98. The standard InChI is InChI=1S/C18H26O6/c1-6-14(16(13(3)20)18(22)24-5)10-8-7-9-11-15(12(2)19)17(21)23-4/h6-7,9,14-16H,1,8,10-11H2,2-5H3/b9-7+. The first-order valence-electron chi connectivity index (χ1n) is 7.74. The first kappa shape index (κ1) is 21.8. The normalized spacial score (nSPS) is 14.5. The van der Waals surface area contributed by atoms with Crippen molar-refractivity contribution in [2.45, 2.75) is 33.1 Å². The fraction of sp³-hybridized carbons (Fsp3) is 0.556. The van der Waals surface area contributed by atoms with Gasteiger partial charge in [-0.1, -0.05) is 18.2 Å². The maximum atomic E-state index is 11.7. The number of carbonyl (C=O) groups excluding carboxylic acids is 4. The zero-order valence-electron chi connectivity index (χ0n) is 14.7.